The minimum atomic E-state index is 0.593. The highest BCUT2D eigenvalue weighted by Crippen LogP contribution is 2.33. The molecule has 1 aromatic heterocycles. The molecule has 92 valence electrons. The van der Waals surface area contributed by atoms with Crippen molar-refractivity contribution < 1.29 is 0 Å². The van der Waals surface area contributed by atoms with E-state index >= 15 is 0 Å². The molecule has 1 aromatic carbocycles. The molecule has 0 spiro atoms. The van der Waals surface area contributed by atoms with E-state index in [1.807, 2.05) is 6.07 Å². The van der Waals surface area contributed by atoms with Gasteiger partial charge >= 0.3 is 0 Å². The van der Waals surface area contributed by atoms with Crippen LogP contribution in [0.1, 0.15) is 10.4 Å². The molecule has 2 aromatic rings. The molecule has 1 heterocycles. The average molecular weight is 407 g/mol. The van der Waals surface area contributed by atoms with Crippen molar-refractivity contribution in [3.63, 3.8) is 0 Å². The Morgan fingerprint density at radius 1 is 1.33 bits per heavy atom. The van der Waals surface area contributed by atoms with Crippen molar-refractivity contribution >= 4 is 60.5 Å². The van der Waals surface area contributed by atoms with Crippen molar-refractivity contribution in [1.29, 1.82) is 5.26 Å². The van der Waals surface area contributed by atoms with Gasteiger partial charge in [0.05, 0.1) is 26.1 Å². The predicted octanol–water partition coefficient (Wildman–Crippen LogP) is 5.41. The molecule has 0 atom stereocenters. The Balaban J connectivity index is 2.13. The third kappa shape index (κ3) is 3.27. The van der Waals surface area contributed by atoms with Crippen molar-refractivity contribution in [3.05, 3.63) is 48.0 Å². The molecule has 0 unspecified atom stereocenters. The van der Waals surface area contributed by atoms with Crippen LogP contribution in [-0.2, 0) is 6.54 Å². The molecule has 0 saturated heterocycles. The first kappa shape index (κ1) is 13.9. The standard InChI is InChI=1S/C12H7Br2ClN2S/c13-9-4-8(18-12(9)14)6-17-11-3-7(5-16)1-2-10(11)15/h1-4,17H,6H2. The predicted molar refractivity (Wildman–Crippen MR) is 83.2 cm³/mol. The van der Waals surface area contributed by atoms with Gasteiger partial charge in [-0.15, -0.1) is 11.3 Å². The van der Waals surface area contributed by atoms with Crippen molar-refractivity contribution in [1.82, 2.24) is 0 Å². The minimum absolute atomic E-state index is 0.593. The first-order valence-corrected chi connectivity index (χ1v) is 7.75. The van der Waals surface area contributed by atoms with Crippen LogP contribution in [0.4, 0.5) is 5.69 Å². The summed E-state index contributed by atoms with van der Waals surface area (Å²) in [5, 5.41) is 12.7. The lowest BCUT2D eigenvalue weighted by Gasteiger charge is -2.07. The number of anilines is 1. The van der Waals surface area contributed by atoms with Gasteiger partial charge in [0, 0.05) is 15.9 Å². The summed E-state index contributed by atoms with van der Waals surface area (Å²) in [4.78, 5) is 1.17. The first-order chi connectivity index (χ1) is 8.60. The third-order valence-electron chi connectivity index (χ3n) is 2.24. The van der Waals surface area contributed by atoms with Crippen molar-refractivity contribution in [2.24, 2.45) is 0 Å². The molecule has 6 heteroatoms. The zero-order valence-electron chi connectivity index (χ0n) is 9.01. The summed E-state index contributed by atoms with van der Waals surface area (Å²) < 4.78 is 2.11. The Hall–Kier alpha value is -0.540. The van der Waals surface area contributed by atoms with Gasteiger partial charge in [-0.25, -0.2) is 0 Å². The maximum Gasteiger partial charge on any atom is 0.0992 e. The zero-order chi connectivity index (χ0) is 13.1. The van der Waals surface area contributed by atoms with E-state index in [1.54, 1.807) is 29.5 Å². The molecule has 1 N–H and O–H groups in total. The Kier molecular flexibility index (Phi) is 4.68. The Morgan fingerprint density at radius 3 is 2.72 bits per heavy atom. The van der Waals surface area contributed by atoms with Crippen LogP contribution >= 0.6 is 54.8 Å². The topological polar surface area (TPSA) is 35.8 Å². The fourth-order valence-corrected chi connectivity index (χ4v) is 3.69. The first-order valence-electron chi connectivity index (χ1n) is 4.97. The summed E-state index contributed by atoms with van der Waals surface area (Å²) in [7, 11) is 0. The van der Waals surface area contributed by atoms with Gasteiger partial charge in [0.1, 0.15) is 0 Å². The second-order valence-electron chi connectivity index (χ2n) is 3.49. The van der Waals surface area contributed by atoms with Crippen LogP contribution in [0, 0.1) is 11.3 Å². The number of nitriles is 1. The molecular weight excluding hydrogens is 399 g/mol. The highest BCUT2D eigenvalue weighted by Gasteiger charge is 2.06. The van der Waals surface area contributed by atoms with Crippen molar-refractivity contribution in [3.8, 4) is 6.07 Å². The van der Waals surface area contributed by atoms with Crippen LogP contribution in [0.25, 0.3) is 0 Å². The van der Waals surface area contributed by atoms with Crippen LogP contribution in [0.15, 0.2) is 32.5 Å². The molecule has 0 aliphatic rings. The number of nitrogens with zero attached hydrogens (tertiary/aromatic N) is 1. The summed E-state index contributed by atoms with van der Waals surface area (Å²) in [5.41, 5.74) is 1.37. The highest BCUT2D eigenvalue weighted by molar-refractivity contribution is 9.13. The van der Waals surface area contributed by atoms with Gasteiger partial charge in [0.2, 0.25) is 0 Å². The van der Waals surface area contributed by atoms with Crippen molar-refractivity contribution in [2.45, 2.75) is 6.54 Å². The third-order valence-corrected chi connectivity index (χ3v) is 5.83. The summed E-state index contributed by atoms with van der Waals surface area (Å²) >= 11 is 14.6. The second kappa shape index (κ2) is 6.07. The maximum absolute atomic E-state index is 8.85. The lowest BCUT2D eigenvalue weighted by molar-refractivity contribution is 1.19. The van der Waals surface area contributed by atoms with Crippen LogP contribution in [0.2, 0.25) is 5.02 Å². The van der Waals surface area contributed by atoms with Gasteiger partial charge in [0.25, 0.3) is 0 Å². The molecule has 2 nitrogen and oxygen atoms in total. The van der Waals surface area contributed by atoms with E-state index in [4.69, 9.17) is 16.9 Å². The Labute approximate surface area is 131 Å². The molecule has 0 aliphatic heterocycles. The van der Waals surface area contributed by atoms with Gasteiger partial charge in [-0.1, -0.05) is 11.6 Å². The van der Waals surface area contributed by atoms with Crippen LogP contribution in [-0.4, -0.2) is 0 Å². The molecular formula is C12H7Br2ClN2S. The maximum atomic E-state index is 8.85. The highest BCUT2D eigenvalue weighted by atomic mass is 79.9. The number of halogens is 3. The van der Waals surface area contributed by atoms with Gasteiger partial charge in [-0.2, -0.15) is 5.26 Å². The smallest absolute Gasteiger partial charge is 0.0992 e. The van der Waals surface area contributed by atoms with Gasteiger partial charge < -0.3 is 5.32 Å². The number of nitrogens with one attached hydrogen (secondary N) is 1. The van der Waals surface area contributed by atoms with Crippen molar-refractivity contribution in [2.75, 3.05) is 5.32 Å². The molecule has 0 saturated carbocycles. The Morgan fingerprint density at radius 2 is 2.11 bits per heavy atom. The van der Waals surface area contributed by atoms with E-state index in [0.29, 0.717) is 17.1 Å². The van der Waals surface area contributed by atoms with E-state index in [-0.39, 0.29) is 0 Å². The fourth-order valence-electron chi connectivity index (χ4n) is 1.39. The monoisotopic (exact) mass is 404 g/mol. The van der Waals surface area contributed by atoms with E-state index in [2.05, 4.69) is 43.2 Å². The number of rotatable bonds is 3. The molecule has 2 rings (SSSR count). The fraction of sp³-hybridized carbons (Fsp3) is 0.0833. The normalized spacial score (nSPS) is 10.1. The van der Waals surface area contributed by atoms with E-state index in [0.717, 1.165) is 13.9 Å². The van der Waals surface area contributed by atoms with Gasteiger partial charge in [-0.3, -0.25) is 0 Å². The quantitative estimate of drug-likeness (QED) is 0.740. The van der Waals surface area contributed by atoms with Crippen LogP contribution in [0.3, 0.4) is 0 Å². The van der Waals surface area contributed by atoms with E-state index in [9.17, 15) is 0 Å². The minimum Gasteiger partial charge on any atom is -0.379 e. The number of hydrogen-bond acceptors (Lipinski definition) is 3. The SMILES string of the molecule is N#Cc1ccc(Cl)c(NCc2cc(Br)c(Br)s2)c1. The lowest BCUT2D eigenvalue weighted by atomic mass is 10.2. The summed E-state index contributed by atoms with van der Waals surface area (Å²) in [5.74, 6) is 0. The number of thiophene rings is 1. The van der Waals surface area contributed by atoms with Crippen LogP contribution in [0.5, 0.6) is 0 Å². The molecule has 0 amide bonds. The number of benzene rings is 1. The largest absolute Gasteiger partial charge is 0.379 e. The van der Waals surface area contributed by atoms with E-state index < -0.39 is 0 Å². The van der Waals surface area contributed by atoms with E-state index in [1.165, 1.54) is 4.88 Å². The molecule has 0 radical (unpaired) electrons. The zero-order valence-corrected chi connectivity index (χ0v) is 13.8. The summed E-state index contributed by atoms with van der Waals surface area (Å²) in [6, 6.07) is 9.32. The molecule has 0 bridgehead atoms. The molecule has 0 fully saturated rings. The number of hydrogen-bond donors (Lipinski definition) is 1. The van der Waals surface area contributed by atoms with Crippen LogP contribution < -0.4 is 5.32 Å². The average Bonchev–Trinajstić information content (AvgIpc) is 2.68. The van der Waals surface area contributed by atoms with Gasteiger partial charge in [-0.05, 0) is 56.1 Å². The Bertz CT molecular complexity index is 600. The lowest BCUT2D eigenvalue weighted by Crippen LogP contribution is -1.98. The molecule has 0 aliphatic carbocycles. The molecule has 18 heavy (non-hydrogen) atoms. The second-order valence-corrected chi connectivity index (χ2v) is 7.21. The summed E-state index contributed by atoms with van der Waals surface area (Å²) in [6.07, 6.45) is 0. The summed E-state index contributed by atoms with van der Waals surface area (Å²) in [6.45, 7) is 0.670. The van der Waals surface area contributed by atoms with Gasteiger partial charge in [0.15, 0.2) is 0 Å².